The SMILES string of the molecule is COc1ccc(/C=C2/SC(=O)N(CC(=O)O)C2=O)cc1OCc1ccccc1. The van der Waals surface area contributed by atoms with E-state index < -0.39 is 23.7 Å². The van der Waals surface area contributed by atoms with E-state index in [1.54, 1.807) is 18.2 Å². The first-order valence-corrected chi connectivity index (χ1v) is 9.11. The van der Waals surface area contributed by atoms with E-state index in [1.165, 1.54) is 13.2 Å². The fourth-order valence-corrected chi connectivity index (χ4v) is 3.39. The van der Waals surface area contributed by atoms with E-state index in [1.807, 2.05) is 30.3 Å². The van der Waals surface area contributed by atoms with Crippen molar-refractivity contribution in [2.24, 2.45) is 0 Å². The minimum atomic E-state index is -1.25. The summed E-state index contributed by atoms with van der Waals surface area (Å²) in [4.78, 5) is 35.8. The van der Waals surface area contributed by atoms with E-state index in [2.05, 4.69) is 0 Å². The van der Waals surface area contributed by atoms with Crippen LogP contribution in [0.5, 0.6) is 11.5 Å². The van der Waals surface area contributed by atoms with Gasteiger partial charge < -0.3 is 14.6 Å². The second-order valence-corrected chi connectivity index (χ2v) is 6.84. The molecule has 0 aliphatic carbocycles. The van der Waals surface area contributed by atoms with Gasteiger partial charge in [0.05, 0.1) is 12.0 Å². The van der Waals surface area contributed by atoms with E-state index in [0.717, 1.165) is 5.56 Å². The van der Waals surface area contributed by atoms with Crippen molar-refractivity contribution >= 4 is 35.0 Å². The van der Waals surface area contributed by atoms with Crippen molar-refractivity contribution in [1.82, 2.24) is 4.90 Å². The Morgan fingerprint density at radius 3 is 2.57 bits per heavy atom. The second kappa shape index (κ2) is 8.62. The van der Waals surface area contributed by atoms with Gasteiger partial charge in [0.25, 0.3) is 11.1 Å². The van der Waals surface area contributed by atoms with Gasteiger partial charge in [-0.15, -0.1) is 0 Å². The largest absolute Gasteiger partial charge is 0.493 e. The number of carbonyl (C=O) groups excluding carboxylic acids is 2. The molecule has 0 unspecified atom stereocenters. The Kier molecular flexibility index (Phi) is 6.00. The van der Waals surface area contributed by atoms with Crippen molar-refractivity contribution in [2.75, 3.05) is 13.7 Å². The summed E-state index contributed by atoms with van der Waals surface area (Å²) in [7, 11) is 1.53. The molecule has 1 saturated heterocycles. The Morgan fingerprint density at radius 1 is 1.14 bits per heavy atom. The number of methoxy groups -OCH3 is 1. The molecule has 2 amide bonds. The molecule has 0 atom stereocenters. The number of benzene rings is 2. The molecule has 28 heavy (non-hydrogen) atoms. The molecule has 8 heteroatoms. The predicted molar refractivity (Wildman–Crippen MR) is 104 cm³/mol. The topological polar surface area (TPSA) is 93.1 Å². The molecule has 0 saturated carbocycles. The first-order valence-electron chi connectivity index (χ1n) is 8.30. The van der Waals surface area contributed by atoms with E-state index in [0.29, 0.717) is 40.3 Å². The Bertz CT molecular complexity index is 941. The molecule has 1 aliphatic rings. The maximum Gasteiger partial charge on any atom is 0.323 e. The van der Waals surface area contributed by atoms with Crippen LogP contribution in [0, 0.1) is 0 Å². The maximum absolute atomic E-state index is 12.3. The summed E-state index contributed by atoms with van der Waals surface area (Å²) in [6.07, 6.45) is 1.53. The van der Waals surface area contributed by atoms with Crippen LogP contribution >= 0.6 is 11.8 Å². The van der Waals surface area contributed by atoms with Gasteiger partial charge in [-0.05, 0) is 41.1 Å². The van der Waals surface area contributed by atoms with Gasteiger partial charge in [0.1, 0.15) is 13.2 Å². The summed E-state index contributed by atoms with van der Waals surface area (Å²) in [6, 6.07) is 14.8. The van der Waals surface area contributed by atoms with Crippen molar-refractivity contribution in [3.63, 3.8) is 0 Å². The van der Waals surface area contributed by atoms with Crippen molar-refractivity contribution in [3.05, 3.63) is 64.6 Å². The highest BCUT2D eigenvalue weighted by Gasteiger charge is 2.36. The van der Waals surface area contributed by atoms with Gasteiger partial charge in [-0.2, -0.15) is 0 Å². The summed E-state index contributed by atoms with van der Waals surface area (Å²) in [6.45, 7) is -0.314. The van der Waals surface area contributed by atoms with Gasteiger partial charge in [0.15, 0.2) is 11.5 Å². The summed E-state index contributed by atoms with van der Waals surface area (Å²) >= 11 is 0.708. The molecule has 1 heterocycles. The van der Waals surface area contributed by atoms with Gasteiger partial charge in [0, 0.05) is 0 Å². The Hall–Kier alpha value is -3.26. The van der Waals surface area contributed by atoms with Crippen LogP contribution in [0.4, 0.5) is 4.79 Å². The minimum absolute atomic E-state index is 0.158. The van der Waals surface area contributed by atoms with Crippen LogP contribution in [0.3, 0.4) is 0 Å². The number of carboxylic acid groups (broad SMARTS) is 1. The molecule has 3 rings (SSSR count). The third-order valence-electron chi connectivity index (χ3n) is 3.89. The molecular weight excluding hydrogens is 382 g/mol. The minimum Gasteiger partial charge on any atom is -0.493 e. The summed E-state index contributed by atoms with van der Waals surface area (Å²) in [5.74, 6) is -0.846. The number of nitrogens with zero attached hydrogens (tertiary/aromatic N) is 1. The van der Waals surface area contributed by atoms with Gasteiger partial charge in [-0.1, -0.05) is 36.4 Å². The van der Waals surface area contributed by atoms with Crippen molar-refractivity contribution in [1.29, 1.82) is 0 Å². The molecule has 2 aromatic rings. The molecule has 0 aromatic heterocycles. The van der Waals surface area contributed by atoms with Crippen LogP contribution in [0.2, 0.25) is 0 Å². The summed E-state index contributed by atoms with van der Waals surface area (Å²) in [5.41, 5.74) is 1.62. The molecule has 144 valence electrons. The van der Waals surface area contributed by atoms with Crippen LogP contribution in [0.1, 0.15) is 11.1 Å². The first kappa shape index (κ1) is 19.5. The molecule has 7 nitrogen and oxygen atoms in total. The van der Waals surface area contributed by atoms with E-state index in [9.17, 15) is 14.4 Å². The lowest BCUT2D eigenvalue weighted by atomic mass is 10.1. The number of carboxylic acids is 1. The summed E-state index contributed by atoms with van der Waals surface area (Å²) < 4.78 is 11.2. The number of thioether (sulfide) groups is 1. The molecule has 0 bridgehead atoms. The molecule has 1 N–H and O–H groups in total. The fourth-order valence-electron chi connectivity index (χ4n) is 2.55. The number of rotatable bonds is 7. The average molecular weight is 399 g/mol. The van der Waals surface area contributed by atoms with Gasteiger partial charge >= 0.3 is 5.97 Å². The highest BCUT2D eigenvalue weighted by molar-refractivity contribution is 8.18. The highest BCUT2D eigenvalue weighted by atomic mass is 32.2. The molecule has 1 fully saturated rings. The van der Waals surface area contributed by atoms with Crippen LogP contribution < -0.4 is 9.47 Å². The number of ether oxygens (including phenoxy) is 2. The zero-order chi connectivity index (χ0) is 20.1. The van der Waals surface area contributed by atoms with E-state index in [-0.39, 0.29) is 4.91 Å². The van der Waals surface area contributed by atoms with E-state index >= 15 is 0 Å². The van der Waals surface area contributed by atoms with Crippen LogP contribution in [-0.2, 0) is 16.2 Å². The van der Waals surface area contributed by atoms with Gasteiger partial charge in [0.2, 0.25) is 0 Å². The second-order valence-electron chi connectivity index (χ2n) is 5.85. The molecule has 0 spiro atoms. The van der Waals surface area contributed by atoms with Gasteiger partial charge in [-0.3, -0.25) is 19.3 Å². The summed E-state index contributed by atoms with van der Waals surface area (Å²) in [5, 5.41) is 8.22. The molecular formula is C20H17NO6S. The Labute approximate surface area is 165 Å². The maximum atomic E-state index is 12.3. The standard InChI is InChI=1S/C20H17NO6S/c1-26-15-8-7-14(9-16(15)27-12-13-5-3-2-4-6-13)10-17-19(24)21(11-18(22)23)20(25)28-17/h2-10H,11-12H2,1H3,(H,22,23)/b17-10+. The monoisotopic (exact) mass is 399 g/mol. The predicted octanol–water partition coefficient (Wildman–Crippen LogP) is 3.40. The van der Waals surface area contributed by atoms with Crippen molar-refractivity contribution in [2.45, 2.75) is 6.61 Å². The lowest BCUT2D eigenvalue weighted by Gasteiger charge is -2.12. The Balaban J connectivity index is 1.81. The lowest BCUT2D eigenvalue weighted by molar-refractivity contribution is -0.140. The quantitative estimate of drug-likeness (QED) is 0.713. The highest BCUT2D eigenvalue weighted by Crippen LogP contribution is 2.34. The number of hydrogen-bond donors (Lipinski definition) is 1. The normalized spacial score (nSPS) is 15.2. The zero-order valence-corrected chi connectivity index (χ0v) is 15.8. The third kappa shape index (κ3) is 4.52. The Morgan fingerprint density at radius 2 is 1.89 bits per heavy atom. The number of carbonyl (C=O) groups is 3. The average Bonchev–Trinajstić information content (AvgIpc) is 2.94. The number of hydrogen-bond acceptors (Lipinski definition) is 6. The first-order chi connectivity index (χ1) is 13.5. The molecule has 1 aliphatic heterocycles. The third-order valence-corrected chi connectivity index (χ3v) is 4.80. The smallest absolute Gasteiger partial charge is 0.323 e. The molecule has 0 radical (unpaired) electrons. The van der Waals surface area contributed by atoms with Crippen molar-refractivity contribution in [3.8, 4) is 11.5 Å². The van der Waals surface area contributed by atoms with Gasteiger partial charge in [-0.25, -0.2) is 0 Å². The van der Waals surface area contributed by atoms with Crippen molar-refractivity contribution < 1.29 is 29.0 Å². The lowest BCUT2D eigenvalue weighted by Crippen LogP contribution is -2.33. The molecule has 2 aromatic carbocycles. The zero-order valence-electron chi connectivity index (χ0n) is 15.0. The fraction of sp³-hybridized carbons (Fsp3) is 0.150. The van der Waals surface area contributed by atoms with Crippen LogP contribution in [-0.4, -0.2) is 40.8 Å². The van der Waals surface area contributed by atoms with Crippen LogP contribution in [0.15, 0.2) is 53.4 Å². The van der Waals surface area contributed by atoms with E-state index in [4.69, 9.17) is 14.6 Å². The number of aliphatic carboxylic acids is 1. The number of amides is 2. The van der Waals surface area contributed by atoms with Crippen LogP contribution in [0.25, 0.3) is 6.08 Å². The number of imide groups is 1.